The van der Waals surface area contributed by atoms with Gasteiger partial charge in [0.2, 0.25) is 0 Å². The van der Waals surface area contributed by atoms with Crippen LogP contribution in [0.25, 0.3) is 0 Å². The molecule has 0 spiro atoms. The molecule has 4 nitrogen and oxygen atoms in total. The van der Waals surface area contributed by atoms with E-state index in [9.17, 15) is 9.59 Å². The Morgan fingerprint density at radius 1 is 0.828 bits per heavy atom. The first-order valence-corrected chi connectivity index (χ1v) is 12.1. The molecular weight excluding hydrogens is 364 g/mol. The van der Waals surface area contributed by atoms with Crippen molar-refractivity contribution in [3.05, 3.63) is 11.6 Å². The number of esters is 2. The van der Waals surface area contributed by atoms with Gasteiger partial charge in [0, 0.05) is 5.57 Å². The predicted molar refractivity (Wildman–Crippen MR) is 119 cm³/mol. The maximum atomic E-state index is 12.6. The van der Waals surface area contributed by atoms with Gasteiger partial charge in [0.25, 0.3) is 0 Å². The number of hydrogen-bond donors (Lipinski definition) is 0. The minimum atomic E-state index is -0.462. The summed E-state index contributed by atoms with van der Waals surface area (Å²) in [6, 6.07) is 0. The molecule has 0 radical (unpaired) electrons. The zero-order valence-corrected chi connectivity index (χ0v) is 19.2. The summed E-state index contributed by atoms with van der Waals surface area (Å²) in [6.45, 7) is 7.42. The molecular formula is C25H44O4. The molecule has 29 heavy (non-hydrogen) atoms. The number of ether oxygens (including phenoxy) is 2. The molecule has 0 aromatic heterocycles. The highest BCUT2D eigenvalue weighted by atomic mass is 16.5. The average Bonchev–Trinajstić information content (AvgIpc) is 2.72. The van der Waals surface area contributed by atoms with Crippen molar-refractivity contribution >= 4 is 11.9 Å². The zero-order chi connectivity index (χ0) is 21.3. The van der Waals surface area contributed by atoms with Gasteiger partial charge in [-0.3, -0.25) is 4.79 Å². The predicted octanol–water partition coefficient (Wildman–Crippen LogP) is 6.77. The van der Waals surface area contributed by atoms with Crippen LogP contribution in [0.4, 0.5) is 0 Å². The van der Waals surface area contributed by atoms with Crippen molar-refractivity contribution in [1.82, 2.24) is 0 Å². The summed E-state index contributed by atoms with van der Waals surface area (Å²) in [5, 5.41) is 0. The molecule has 0 bridgehead atoms. The van der Waals surface area contributed by atoms with Crippen molar-refractivity contribution in [2.24, 2.45) is 11.8 Å². The summed E-state index contributed by atoms with van der Waals surface area (Å²) in [5.41, 5.74) is 0.516. The van der Waals surface area contributed by atoms with Crippen LogP contribution in [0.1, 0.15) is 111 Å². The van der Waals surface area contributed by atoms with Crippen molar-refractivity contribution in [2.75, 3.05) is 13.2 Å². The largest absolute Gasteiger partial charge is 0.465 e. The standard InChI is InChI=1S/C25H44O4/c1-4-6-8-10-12-14-18-28-24(26)22-17-16-21(3)20-23(22)25(27)29-19-15-13-11-9-7-5-2/h17,21,23H,4-16,18-20H2,1-3H3. The van der Waals surface area contributed by atoms with Gasteiger partial charge in [0.15, 0.2) is 0 Å². The van der Waals surface area contributed by atoms with Crippen molar-refractivity contribution in [3.63, 3.8) is 0 Å². The highest BCUT2D eigenvalue weighted by Crippen LogP contribution is 2.31. The van der Waals surface area contributed by atoms with Crippen LogP contribution in [0.15, 0.2) is 11.6 Å². The second-order valence-electron chi connectivity index (χ2n) is 8.63. The molecule has 1 rings (SSSR count). The fourth-order valence-corrected chi connectivity index (χ4v) is 3.83. The molecule has 168 valence electrons. The summed E-state index contributed by atoms with van der Waals surface area (Å²) in [4.78, 5) is 25.1. The Hall–Kier alpha value is -1.32. The van der Waals surface area contributed by atoms with Crippen LogP contribution in [0.5, 0.6) is 0 Å². The topological polar surface area (TPSA) is 52.6 Å². The van der Waals surface area contributed by atoms with E-state index in [2.05, 4.69) is 20.8 Å². The fraction of sp³-hybridized carbons (Fsp3) is 0.840. The Kier molecular flexibility index (Phi) is 14.6. The van der Waals surface area contributed by atoms with E-state index in [1.807, 2.05) is 6.08 Å². The first-order chi connectivity index (χ1) is 14.1. The number of carbonyl (C=O) groups excluding carboxylic acids is 2. The van der Waals surface area contributed by atoms with E-state index in [-0.39, 0.29) is 11.9 Å². The monoisotopic (exact) mass is 408 g/mol. The quantitative estimate of drug-likeness (QED) is 0.209. The molecule has 4 heteroatoms. The minimum absolute atomic E-state index is 0.257. The lowest BCUT2D eigenvalue weighted by molar-refractivity contribution is -0.151. The minimum Gasteiger partial charge on any atom is -0.465 e. The smallest absolute Gasteiger partial charge is 0.334 e. The van der Waals surface area contributed by atoms with Gasteiger partial charge in [0.05, 0.1) is 19.1 Å². The number of unbranched alkanes of at least 4 members (excludes halogenated alkanes) is 10. The number of carbonyl (C=O) groups is 2. The van der Waals surface area contributed by atoms with Gasteiger partial charge >= 0.3 is 11.9 Å². The van der Waals surface area contributed by atoms with Gasteiger partial charge in [-0.15, -0.1) is 0 Å². The third-order valence-corrected chi connectivity index (χ3v) is 5.75. The van der Waals surface area contributed by atoms with Gasteiger partial charge in [-0.25, -0.2) is 4.79 Å². The maximum Gasteiger partial charge on any atom is 0.334 e. The number of allylic oxidation sites excluding steroid dienone is 1. The molecule has 1 aliphatic rings. The number of hydrogen-bond acceptors (Lipinski definition) is 4. The first-order valence-electron chi connectivity index (χ1n) is 12.1. The van der Waals surface area contributed by atoms with E-state index in [0.717, 1.165) is 32.1 Å². The van der Waals surface area contributed by atoms with Gasteiger partial charge in [0.1, 0.15) is 0 Å². The SMILES string of the molecule is CCCCCCCCOC(=O)C1=CCC(C)CC1C(=O)OCCCCCCCC. The highest BCUT2D eigenvalue weighted by molar-refractivity contribution is 5.95. The Labute approximate surface area is 178 Å². The number of rotatable bonds is 16. The van der Waals surface area contributed by atoms with Crippen LogP contribution >= 0.6 is 0 Å². The van der Waals surface area contributed by atoms with Crippen LogP contribution in [0.2, 0.25) is 0 Å². The molecule has 0 heterocycles. The van der Waals surface area contributed by atoms with Crippen LogP contribution in [0, 0.1) is 11.8 Å². The molecule has 0 fully saturated rings. The second kappa shape index (κ2) is 16.5. The van der Waals surface area contributed by atoms with Gasteiger partial charge in [-0.1, -0.05) is 91.1 Å². The Bertz CT molecular complexity index is 483. The van der Waals surface area contributed by atoms with E-state index in [4.69, 9.17) is 9.47 Å². The normalized spacial score (nSPS) is 18.9. The van der Waals surface area contributed by atoms with Crippen LogP contribution in [-0.4, -0.2) is 25.2 Å². The molecule has 0 aromatic rings. The van der Waals surface area contributed by atoms with Crippen LogP contribution in [-0.2, 0) is 19.1 Å². The van der Waals surface area contributed by atoms with Gasteiger partial charge < -0.3 is 9.47 Å². The molecule has 0 saturated heterocycles. The molecule has 0 aliphatic heterocycles. The Morgan fingerprint density at radius 2 is 1.34 bits per heavy atom. The Balaban J connectivity index is 2.35. The lowest BCUT2D eigenvalue weighted by Gasteiger charge is -2.25. The van der Waals surface area contributed by atoms with Crippen molar-refractivity contribution < 1.29 is 19.1 Å². The summed E-state index contributed by atoms with van der Waals surface area (Å²) in [5.74, 6) is -0.660. The third kappa shape index (κ3) is 11.4. The molecule has 2 atom stereocenters. The molecule has 0 amide bonds. The molecule has 1 aliphatic carbocycles. The fourth-order valence-electron chi connectivity index (χ4n) is 3.83. The molecule has 0 N–H and O–H groups in total. The summed E-state index contributed by atoms with van der Waals surface area (Å²) < 4.78 is 11.0. The van der Waals surface area contributed by atoms with Crippen molar-refractivity contribution in [2.45, 2.75) is 111 Å². The highest BCUT2D eigenvalue weighted by Gasteiger charge is 2.34. The van der Waals surface area contributed by atoms with E-state index in [1.165, 1.54) is 51.4 Å². The molecule has 0 saturated carbocycles. The zero-order valence-electron chi connectivity index (χ0n) is 19.2. The van der Waals surface area contributed by atoms with Crippen LogP contribution in [0.3, 0.4) is 0 Å². The maximum absolute atomic E-state index is 12.6. The molecule has 0 aromatic carbocycles. The Morgan fingerprint density at radius 3 is 1.93 bits per heavy atom. The summed E-state index contributed by atoms with van der Waals surface area (Å²) >= 11 is 0. The third-order valence-electron chi connectivity index (χ3n) is 5.75. The van der Waals surface area contributed by atoms with Crippen LogP contribution < -0.4 is 0 Å². The van der Waals surface area contributed by atoms with E-state index in [1.54, 1.807) is 0 Å². The average molecular weight is 409 g/mol. The van der Waals surface area contributed by atoms with Gasteiger partial charge in [-0.05, 0) is 31.6 Å². The summed E-state index contributed by atoms with van der Waals surface area (Å²) in [6.07, 6.45) is 17.3. The lowest BCUT2D eigenvalue weighted by atomic mass is 9.82. The lowest BCUT2D eigenvalue weighted by Crippen LogP contribution is -2.29. The molecule has 2 unspecified atom stereocenters. The van der Waals surface area contributed by atoms with Gasteiger partial charge in [-0.2, -0.15) is 0 Å². The summed E-state index contributed by atoms with van der Waals surface area (Å²) in [7, 11) is 0. The first kappa shape index (κ1) is 25.7. The van der Waals surface area contributed by atoms with Crippen molar-refractivity contribution in [3.8, 4) is 0 Å². The second-order valence-corrected chi connectivity index (χ2v) is 8.63. The van der Waals surface area contributed by atoms with E-state index < -0.39 is 5.92 Å². The van der Waals surface area contributed by atoms with E-state index >= 15 is 0 Å². The van der Waals surface area contributed by atoms with Crippen molar-refractivity contribution in [1.29, 1.82) is 0 Å². The van der Waals surface area contributed by atoms with E-state index in [0.29, 0.717) is 31.1 Å².